The van der Waals surface area contributed by atoms with E-state index in [1.807, 2.05) is 0 Å². The molecule has 1 heterocycles. The Kier molecular flexibility index (Phi) is 2.26. The van der Waals surface area contributed by atoms with E-state index >= 15 is 0 Å². The average Bonchev–Trinajstić information content (AvgIpc) is 2.09. The highest BCUT2D eigenvalue weighted by atomic mass is 16.7. The van der Waals surface area contributed by atoms with Gasteiger partial charge in [-0.3, -0.25) is 5.32 Å². The Labute approximate surface area is 70.0 Å². The van der Waals surface area contributed by atoms with E-state index in [4.69, 9.17) is 9.47 Å². The second kappa shape index (κ2) is 3.19. The summed E-state index contributed by atoms with van der Waals surface area (Å²) < 4.78 is 13.6. The molecular formula is C7H11N2O3+. The van der Waals surface area contributed by atoms with E-state index in [0.717, 1.165) is 0 Å². The summed E-state index contributed by atoms with van der Waals surface area (Å²) in [6, 6.07) is 0. The van der Waals surface area contributed by atoms with E-state index < -0.39 is 0 Å². The lowest BCUT2D eigenvalue weighted by atomic mass is 10.4. The zero-order chi connectivity index (χ0) is 9.14. The van der Waals surface area contributed by atoms with Crippen LogP contribution in [0.15, 0.2) is 11.5 Å². The molecule has 5 heteroatoms. The highest BCUT2D eigenvalue weighted by Gasteiger charge is 2.25. The zero-order valence-electron chi connectivity index (χ0n) is 7.21. The number of allylic oxidation sites excluding steroid dienone is 1. The fourth-order valence-corrected chi connectivity index (χ4v) is 0.775. The van der Waals surface area contributed by atoms with Gasteiger partial charge in [0.15, 0.2) is 5.76 Å². The fraction of sp³-hybridized carbons (Fsp3) is 0.429. The van der Waals surface area contributed by atoms with Gasteiger partial charge in [-0.05, 0) is 6.92 Å². The first-order chi connectivity index (χ1) is 5.69. The maximum Gasteiger partial charge on any atom is 0.572 e. The first-order valence-electron chi connectivity index (χ1n) is 3.44. The number of nitrogens with one attached hydrogen (secondary N) is 1. The quantitative estimate of drug-likeness (QED) is 0.482. The third-order valence-corrected chi connectivity index (χ3v) is 1.41. The predicted octanol–water partition coefficient (Wildman–Crippen LogP) is -0.506. The Balaban J connectivity index is 3.08. The van der Waals surface area contributed by atoms with Crippen LogP contribution in [0.25, 0.3) is 0 Å². The number of likely N-dealkylation sites (N-methyl/N-ethyl adjacent to an activating group) is 1. The summed E-state index contributed by atoms with van der Waals surface area (Å²) in [4.78, 5) is 0. The number of rotatable bonds is 0. The van der Waals surface area contributed by atoms with Crippen molar-refractivity contribution in [3.63, 3.8) is 0 Å². The molecule has 0 aliphatic carbocycles. The minimum absolute atomic E-state index is 0.00157. The molecule has 0 aromatic carbocycles. The van der Waals surface area contributed by atoms with Crippen molar-refractivity contribution in [3.05, 3.63) is 11.5 Å². The van der Waals surface area contributed by atoms with Crippen LogP contribution in [0, 0.1) is 0 Å². The van der Waals surface area contributed by atoms with Gasteiger partial charge >= 0.3 is 11.9 Å². The first kappa shape index (κ1) is 8.49. The molecule has 0 aromatic rings. The maximum absolute atomic E-state index is 9.34. The van der Waals surface area contributed by atoms with E-state index in [2.05, 4.69) is 9.98 Å². The second-order valence-corrected chi connectivity index (χ2v) is 2.19. The third kappa shape index (κ3) is 1.35. The van der Waals surface area contributed by atoms with E-state index in [9.17, 15) is 5.11 Å². The summed E-state index contributed by atoms with van der Waals surface area (Å²) in [6.07, 6.45) is 0.120. The maximum atomic E-state index is 9.34. The van der Waals surface area contributed by atoms with Crippen molar-refractivity contribution in [1.29, 1.82) is 0 Å². The summed E-state index contributed by atoms with van der Waals surface area (Å²) in [5.74, 6) is 0.708. The average molecular weight is 171 g/mol. The van der Waals surface area contributed by atoms with Crippen LogP contribution in [0.3, 0.4) is 0 Å². The number of aliphatic hydroxyl groups is 1. The Hall–Kier alpha value is -1.61. The van der Waals surface area contributed by atoms with E-state index in [-0.39, 0.29) is 11.8 Å². The monoisotopic (exact) mass is 171 g/mol. The number of methoxy groups -OCH3 is 1. The summed E-state index contributed by atoms with van der Waals surface area (Å²) in [6.45, 7) is 1.63. The number of nitrogens with zero attached hydrogens (tertiary/aromatic N) is 1. The van der Waals surface area contributed by atoms with Crippen LogP contribution in [0.2, 0.25) is 0 Å². The highest BCUT2D eigenvalue weighted by molar-refractivity contribution is 5.99. The third-order valence-electron chi connectivity index (χ3n) is 1.41. The minimum atomic E-state index is -0.00157. The largest absolute Gasteiger partial charge is 0.572 e. The molecule has 1 aliphatic heterocycles. The fourth-order valence-electron chi connectivity index (χ4n) is 0.775. The molecule has 1 aliphatic rings. The van der Waals surface area contributed by atoms with Crippen molar-refractivity contribution in [2.24, 2.45) is 0 Å². The molecule has 1 rings (SSSR count). The molecule has 5 nitrogen and oxygen atoms in total. The van der Waals surface area contributed by atoms with Crippen molar-refractivity contribution in [2.45, 2.75) is 6.92 Å². The minimum Gasteiger partial charge on any atom is -0.498 e. The number of hydrogen-bond acceptors (Lipinski definition) is 4. The lowest BCUT2D eigenvalue weighted by Gasteiger charge is -2.05. The summed E-state index contributed by atoms with van der Waals surface area (Å²) in [5, 5.41) is 12.1. The van der Waals surface area contributed by atoms with Gasteiger partial charge in [-0.1, -0.05) is 0 Å². The van der Waals surface area contributed by atoms with Gasteiger partial charge in [-0.2, -0.15) is 0 Å². The molecular weight excluding hydrogens is 160 g/mol. The van der Waals surface area contributed by atoms with Gasteiger partial charge < -0.3 is 14.6 Å². The topological polar surface area (TPSA) is 64.8 Å². The van der Waals surface area contributed by atoms with Crippen LogP contribution in [-0.4, -0.2) is 31.2 Å². The van der Waals surface area contributed by atoms with Gasteiger partial charge in [0.05, 0.1) is 14.2 Å². The van der Waals surface area contributed by atoms with Crippen LogP contribution in [-0.2, 0) is 9.47 Å². The molecule has 0 amide bonds. The van der Waals surface area contributed by atoms with Crippen LogP contribution < -0.4 is 9.98 Å². The summed E-state index contributed by atoms with van der Waals surface area (Å²) in [5.41, 5.74) is 0. The highest BCUT2D eigenvalue weighted by Crippen LogP contribution is 2.05. The van der Waals surface area contributed by atoms with Gasteiger partial charge in [-0.25, -0.2) is 0 Å². The molecule has 0 spiro atoms. The standard InChI is InChI=1S/C7H10N2O3/c1-4-5(10)6(8-2)9-7(11-3)12-4/h10H,1-3H3/p+1. The first-order valence-corrected chi connectivity index (χ1v) is 3.44. The van der Waals surface area contributed by atoms with Crippen LogP contribution in [0.4, 0.5) is 0 Å². The Morgan fingerprint density at radius 1 is 1.58 bits per heavy atom. The van der Waals surface area contributed by atoms with Crippen molar-refractivity contribution in [3.8, 4) is 0 Å². The summed E-state index contributed by atoms with van der Waals surface area (Å²) >= 11 is 0. The van der Waals surface area contributed by atoms with Gasteiger partial charge in [0.2, 0.25) is 0 Å². The van der Waals surface area contributed by atoms with Crippen molar-refractivity contribution in [2.75, 3.05) is 14.2 Å². The van der Waals surface area contributed by atoms with Gasteiger partial charge in [0.1, 0.15) is 0 Å². The van der Waals surface area contributed by atoms with Gasteiger partial charge in [0.25, 0.3) is 5.76 Å². The molecule has 0 fully saturated rings. The number of hydrogen-bond donors (Lipinski definition) is 2. The Bertz CT molecular complexity index is 287. The van der Waals surface area contributed by atoms with Crippen molar-refractivity contribution >= 4 is 11.9 Å². The predicted molar refractivity (Wildman–Crippen MR) is 44.6 cm³/mol. The normalized spacial score (nSPS) is 16.2. The van der Waals surface area contributed by atoms with E-state index in [0.29, 0.717) is 11.6 Å². The van der Waals surface area contributed by atoms with E-state index in [1.54, 1.807) is 14.0 Å². The van der Waals surface area contributed by atoms with Gasteiger partial charge in [0, 0.05) is 0 Å². The molecule has 0 atom stereocenters. The smallest absolute Gasteiger partial charge is 0.498 e. The lowest BCUT2D eigenvalue weighted by Crippen LogP contribution is -2.31. The lowest BCUT2D eigenvalue weighted by molar-refractivity contribution is 0.233. The summed E-state index contributed by atoms with van der Waals surface area (Å²) in [7, 11) is 3.10. The number of aliphatic hydroxyl groups excluding tert-OH is 1. The molecule has 2 N–H and O–H groups in total. The number of ether oxygens (including phenoxy) is 2. The second-order valence-electron chi connectivity index (χ2n) is 2.19. The zero-order valence-corrected chi connectivity index (χ0v) is 7.21. The molecule has 66 valence electrons. The van der Waals surface area contributed by atoms with Crippen LogP contribution >= 0.6 is 0 Å². The Morgan fingerprint density at radius 3 is 2.75 bits per heavy atom. The molecule has 0 radical (unpaired) electrons. The van der Waals surface area contributed by atoms with Crippen molar-refractivity contribution < 1.29 is 14.6 Å². The SMILES string of the molecule is CNC1=[N+]=C(OC)OC(C)=C1O. The Morgan fingerprint density at radius 2 is 2.25 bits per heavy atom. The molecule has 0 aromatic heterocycles. The van der Waals surface area contributed by atoms with Crippen molar-refractivity contribution in [1.82, 2.24) is 9.98 Å². The molecule has 0 bridgehead atoms. The molecule has 0 saturated carbocycles. The van der Waals surface area contributed by atoms with Crippen LogP contribution in [0.5, 0.6) is 0 Å². The van der Waals surface area contributed by atoms with Crippen LogP contribution in [0.1, 0.15) is 6.92 Å². The molecule has 0 unspecified atom stereocenters. The van der Waals surface area contributed by atoms with Gasteiger partial charge in [-0.15, -0.1) is 4.67 Å². The number of amidine groups is 1. The molecule has 12 heavy (non-hydrogen) atoms. The molecule has 0 saturated heterocycles. The van der Waals surface area contributed by atoms with E-state index in [1.165, 1.54) is 7.11 Å².